The van der Waals surface area contributed by atoms with Crippen molar-refractivity contribution in [2.75, 3.05) is 26.4 Å². The van der Waals surface area contributed by atoms with E-state index in [9.17, 15) is 14.6 Å². The van der Waals surface area contributed by atoms with E-state index in [0.29, 0.717) is 49.7 Å². The van der Waals surface area contributed by atoms with Gasteiger partial charge >= 0.3 is 0 Å². The van der Waals surface area contributed by atoms with E-state index in [2.05, 4.69) is 44.7 Å². The van der Waals surface area contributed by atoms with Crippen LogP contribution in [0.3, 0.4) is 0 Å². The zero-order valence-electron chi connectivity index (χ0n) is 37.0. The molecule has 3 aromatic rings. The summed E-state index contributed by atoms with van der Waals surface area (Å²) >= 11 is 0. The maximum Gasteiger partial charge on any atom is 0.239 e. The minimum absolute atomic E-state index is 0.00346. The lowest BCUT2D eigenvalue weighted by molar-refractivity contribution is -0.258. The molecule has 0 unspecified atom stereocenters. The van der Waals surface area contributed by atoms with E-state index in [1.807, 2.05) is 30.0 Å². The Kier molecular flexibility index (Phi) is 15.6. The van der Waals surface area contributed by atoms with Crippen LogP contribution in [0.5, 0.6) is 17.2 Å². The number of carbonyl (C=O) groups excluding carboxylic acids is 1. The van der Waals surface area contributed by atoms with Gasteiger partial charge in [-0.25, -0.2) is 4.39 Å². The molecule has 9 nitrogen and oxygen atoms in total. The highest BCUT2D eigenvalue weighted by Gasteiger charge is 2.65. The van der Waals surface area contributed by atoms with Crippen molar-refractivity contribution in [1.29, 1.82) is 0 Å². The number of aliphatic hydroxyl groups is 2. The van der Waals surface area contributed by atoms with Crippen LogP contribution in [-0.2, 0) is 20.9 Å². The van der Waals surface area contributed by atoms with Gasteiger partial charge in [0.05, 0.1) is 18.2 Å². The van der Waals surface area contributed by atoms with Gasteiger partial charge in [0, 0.05) is 44.1 Å². The first-order valence-electron chi connectivity index (χ1n) is 23.2. The third kappa shape index (κ3) is 10.1. The smallest absolute Gasteiger partial charge is 0.239 e. The minimum Gasteiger partial charge on any atom is -0.459 e. The first-order chi connectivity index (χ1) is 30.2. The fourth-order valence-corrected chi connectivity index (χ4v) is 10.7. The number of fused-ring (bicyclic) bond motifs is 2. The Labute approximate surface area is 368 Å². The van der Waals surface area contributed by atoms with Gasteiger partial charge < -0.3 is 34.2 Å². The Morgan fingerprint density at radius 3 is 2.39 bits per heavy atom. The summed E-state index contributed by atoms with van der Waals surface area (Å²) in [4.78, 5) is 22.9. The maximum atomic E-state index is 15.0. The zero-order valence-corrected chi connectivity index (χ0v) is 37.0. The van der Waals surface area contributed by atoms with E-state index in [4.69, 9.17) is 24.2 Å². The van der Waals surface area contributed by atoms with Crippen molar-refractivity contribution in [3.8, 4) is 17.2 Å². The van der Waals surface area contributed by atoms with Crippen molar-refractivity contribution < 1.29 is 38.4 Å². The Morgan fingerprint density at radius 1 is 0.952 bits per heavy atom. The highest BCUT2D eigenvalue weighted by Crippen LogP contribution is 2.62. The molecule has 3 aromatic carbocycles. The van der Waals surface area contributed by atoms with E-state index in [1.54, 1.807) is 18.2 Å². The maximum absolute atomic E-state index is 15.0. The normalized spacial score (nSPS) is 24.8. The molecule has 1 aliphatic heterocycles. The van der Waals surface area contributed by atoms with E-state index in [-0.39, 0.29) is 55.8 Å². The number of benzene rings is 3. The SMILES string of the molecule is C=CCO[C@@]12Oc3ccc(Oc4ccc(C)c(C)c4)cc3[C@H]3[C@H](CCCCO)[C@@H](CCCCO)C=C(C(=NOCC)C[C@@H]1N(Cc1ccc(F)cc1)C(=O)CCC1CCCC1)[C@H]32. The molecule has 7 rings (SSSR count). The molecular weight excluding hydrogens is 784 g/mol. The number of ether oxygens (including phenoxy) is 3. The van der Waals surface area contributed by atoms with Crippen LogP contribution in [0.15, 0.2) is 90.1 Å². The largest absolute Gasteiger partial charge is 0.459 e. The number of halogens is 1. The van der Waals surface area contributed by atoms with Crippen LogP contribution in [0.4, 0.5) is 4.39 Å². The lowest BCUT2D eigenvalue weighted by Crippen LogP contribution is -2.70. The van der Waals surface area contributed by atoms with Gasteiger partial charge in [0.1, 0.15) is 35.7 Å². The first kappa shape index (κ1) is 45.5. The fourth-order valence-electron chi connectivity index (χ4n) is 10.7. The van der Waals surface area contributed by atoms with Crippen LogP contribution in [0, 0.1) is 43.3 Å². The Morgan fingerprint density at radius 2 is 1.68 bits per heavy atom. The molecule has 0 radical (unpaired) electrons. The molecule has 4 aliphatic rings. The van der Waals surface area contributed by atoms with Crippen LogP contribution in [0.25, 0.3) is 0 Å². The second-order valence-corrected chi connectivity index (χ2v) is 17.9. The Bertz CT molecular complexity index is 2040. The molecule has 0 aromatic heterocycles. The summed E-state index contributed by atoms with van der Waals surface area (Å²) in [5.41, 5.74) is 5.88. The van der Waals surface area contributed by atoms with E-state index in [1.165, 1.54) is 30.5 Å². The molecule has 0 saturated heterocycles. The van der Waals surface area contributed by atoms with Crippen LogP contribution in [0.1, 0.15) is 119 Å². The average Bonchev–Trinajstić information content (AvgIpc) is 3.80. The number of unbranched alkanes of at least 4 members (excludes halogenated alkanes) is 2. The Hall–Kier alpha value is -4.51. The molecule has 0 bridgehead atoms. The molecule has 3 aliphatic carbocycles. The predicted octanol–water partition coefficient (Wildman–Crippen LogP) is 10.9. The van der Waals surface area contributed by atoms with Gasteiger partial charge in [0.25, 0.3) is 0 Å². The quantitative estimate of drug-likeness (QED) is 0.0624. The predicted molar refractivity (Wildman–Crippen MR) is 241 cm³/mol. The van der Waals surface area contributed by atoms with Gasteiger partial charge in [-0.2, -0.15) is 0 Å². The van der Waals surface area contributed by atoms with Crippen molar-refractivity contribution >= 4 is 11.6 Å². The number of aliphatic hydroxyl groups excluding tert-OH is 2. The summed E-state index contributed by atoms with van der Waals surface area (Å²) in [5.74, 6) is 0.463. The summed E-state index contributed by atoms with van der Waals surface area (Å²) in [6, 6.07) is 17.9. The number of allylic oxidation sites excluding steroid dienone is 1. The highest BCUT2D eigenvalue weighted by molar-refractivity contribution is 6.03. The third-order valence-corrected chi connectivity index (χ3v) is 13.9. The number of rotatable bonds is 21. The monoisotopic (exact) mass is 850 g/mol. The van der Waals surface area contributed by atoms with Gasteiger partial charge in [-0.05, 0) is 135 Å². The number of oxime groups is 1. The molecule has 1 amide bonds. The van der Waals surface area contributed by atoms with Crippen LogP contribution >= 0.6 is 0 Å². The highest BCUT2D eigenvalue weighted by atomic mass is 19.1. The van der Waals surface area contributed by atoms with Crippen molar-refractivity contribution in [2.45, 2.75) is 129 Å². The summed E-state index contributed by atoms with van der Waals surface area (Å²) in [7, 11) is 0. The molecule has 10 heteroatoms. The zero-order chi connectivity index (χ0) is 43.6. The molecule has 2 N–H and O–H groups in total. The summed E-state index contributed by atoms with van der Waals surface area (Å²) in [6.45, 7) is 11.1. The lowest BCUT2D eigenvalue weighted by atomic mass is 9.55. The standard InChI is InChI=1S/C52H67FN2O7/c1-5-29-59-52-48(55(34-38-18-21-40(53)22-19-38)49(58)26-20-37-13-7-8-14-37)33-46(54-60-6-2)44-31-39(15-9-11-27-56)43(16-10-12-28-57)50(51(44)52)45-32-42(24-25-47(45)62-52)61-41-23-17-35(3)36(4)30-41/h5,17-19,21-25,30-32,37,39,43,48,50-51,56-57H,1,6-16,20,26-29,33-34H2,2-4H3/t39-,43+,48-,50+,51+,52+/m0/s1. The molecule has 2 fully saturated rings. The first-order valence-corrected chi connectivity index (χ1v) is 23.2. The van der Waals surface area contributed by atoms with Crippen molar-refractivity contribution in [3.63, 3.8) is 0 Å². The number of nitrogens with zero attached hydrogens (tertiary/aromatic N) is 2. The van der Waals surface area contributed by atoms with Crippen LogP contribution < -0.4 is 9.47 Å². The van der Waals surface area contributed by atoms with Crippen LogP contribution in [-0.4, -0.2) is 65.0 Å². The molecule has 6 atom stereocenters. The number of hydrogen-bond donors (Lipinski definition) is 2. The van der Waals surface area contributed by atoms with Crippen molar-refractivity contribution in [2.24, 2.45) is 28.8 Å². The van der Waals surface area contributed by atoms with E-state index in [0.717, 1.165) is 78.7 Å². The minimum atomic E-state index is -1.38. The number of hydrogen-bond acceptors (Lipinski definition) is 8. The average molecular weight is 851 g/mol. The lowest BCUT2D eigenvalue weighted by Gasteiger charge is -2.60. The number of carbonyl (C=O) groups is 1. The van der Waals surface area contributed by atoms with Gasteiger partial charge in [-0.15, -0.1) is 6.58 Å². The summed E-state index contributed by atoms with van der Waals surface area (Å²) in [5, 5.41) is 24.8. The summed E-state index contributed by atoms with van der Waals surface area (Å²) < 4.78 is 35.6. The number of aryl methyl sites for hydroxylation is 2. The second kappa shape index (κ2) is 21.2. The molecule has 0 spiro atoms. The Balaban J connectivity index is 1.43. The topological polar surface area (TPSA) is 110 Å². The van der Waals surface area contributed by atoms with Crippen molar-refractivity contribution in [1.82, 2.24) is 4.90 Å². The van der Waals surface area contributed by atoms with Gasteiger partial charge in [-0.3, -0.25) is 4.79 Å². The van der Waals surface area contributed by atoms with E-state index >= 15 is 4.79 Å². The molecule has 1 heterocycles. The van der Waals surface area contributed by atoms with E-state index < -0.39 is 17.7 Å². The molecule has 334 valence electrons. The van der Waals surface area contributed by atoms with Gasteiger partial charge in [-0.1, -0.05) is 74.0 Å². The van der Waals surface area contributed by atoms with Gasteiger partial charge in [0.2, 0.25) is 11.7 Å². The van der Waals surface area contributed by atoms with Crippen molar-refractivity contribution in [3.05, 3.63) is 113 Å². The third-order valence-electron chi connectivity index (χ3n) is 13.9. The van der Waals surface area contributed by atoms with Crippen LogP contribution in [0.2, 0.25) is 0 Å². The summed E-state index contributed by atoms with van der Waals surface area (Å²) in [6.07, 6.45) is 15.0. The fraction of sp³-hybridized carbons (Fsp3) is 0.538. The number of amides is 1. The second-order valence-electron chi connectivity index (χ2n) is 17.9. The molecular formula is C52H67FN2O7. The molecule has 2 saturated carbocycles. The van der Waals surface area contributed by atoms with Gasteiger partial charge in [0.15, 0.2) is 0 Å². The molecule has 62 heavy (non-hydrogen) atoms.